The van der Waals surface area contributed by atoms with Crippen LogP contribution in [0.2, 0.25) is 0 Å². The topological polar surface area (TPSA) is 76.5 Å². The van der Waals surface area contributed by atoms with Crippen LogP contribution in [0.5, 0.6) is 5.75 Å². The molecule has 2 heterocycles. The van der Waals surface area contributed by atoms with Gasteiger partial charge in [0.2, 0.25) is 5.91 Å². The Labute approximate surface area is 168 Å². The van der Waals surface area contributed by atoms with Gasteiger partial charge in [0, 0.05) is 49.3 Å². The largest absolute Gasteiger partial charge is 0.486 e. The van der Waals surface area contributed by atoms with Gasteiger partial charge in [0.15, 0.2) is 0 Å². The number of carbonyl (C=O) groups excluding carboxylic acids is 2. The average Bonchev–Trinajstić information content (AvgIpc) is 3.35. The van der Waals surface area contributed by atoms with E-state index in [1.54, 1.807) is 35.4 Å². The van der Waals surface area contributed by atoms with Gasteiger partial charge in [-0.05, 0) is 55.0 Å². The Morgan fingerprint density at radius 1 is 1.14 bits per heavy atom. The second-order valence-corrected chi connectivity index (χ2v) is 6.92. The molecule has 2 aromatic carbocycles. The molecule has 7 nitrogen and oxygen atoms in total. The van der Waals surface area contributed by atoms with Crippen molar-refractivity contribution in [2.45, 2.75) is 19.4 Å². The van der Waals surface area contributed by atoms with Crippen LogP contribution in [0, 0.1) is 0 Å². The van der Waals surface area contributed by atoms with Crippen molar-refractivity contribution < 1.29 is 14.3 Å². The number of rotatable bonds is 6. The lowest BCUT2D eigenvalue weighted by Gasteiger charge is -2.16. The number of imidazole rings is 1. The van der Waals surface area contributed by atoms with E-state index in [0.29, 0.717) is 30.0 Å². The molecule has 0 spiro atoms. The summed E-state index contributed by atoms with van der Waals surface area (Å²) in [4.78, 5) is 30.3. The van der Waals surface area contributed by atoms with Gasteiger partial charge in [-0.15, -0.1) is 0 Å². The molecule has 0 bridgehead atoms. The molecule has 0 radical (unpaired) electrons. The highest BCUT2D eigenvalue weighted by Crippen LogP contribution is 2.23. The molecular weight excluding hydrogens is 368 g/mol. The van der Waals surface area contributed by atoms with E-state index in [0.717, 1.165) is 24.5 Å². The molecule has 1 saturated heterocycles. The number of hydrogen-bond donors (Lipinski definition) is 1. The van der Waals surface area contributed by atoms with Gasteiger partial charge in [-0.3, -0.25) is 9.59 Å². The number of anilines is 2. The predicted molar refractivity (Wildman–Crippen MR) is 110 cm³/mol. The molecule has 148 valence electrons. The number of nitrogens with zero attached hydrogens (tertiary/aromatic N) is 3. The van der Waals surface area contributed by atoms with Crippen molar-refractivity contribution in [3.63, 3.8) is 0 Å². The zero-order valence-corrected chi connectivity index (χ0v) is 16.2. The predicted octanol–water partition coefficient (Wildman–Crippen LogP) is 3.38. The molecule has 1 fully saturated rings. The van der Waals surface area contributed by atoms with Gasteiger partial charge in [-0.2, -0.15) is 0 Å². The van der Waals surface area contributed by atoms with Gasteiger partial charge in [0.25, 0.3) is 5.91 Å². The highest BCUT2D eigenvalue weighted by molar-refractivity contribution is 6.04. The second kappa shape index (κ2) is 8.18. The molecule has 3 aromatic rings. The monoisotopic (exact) mass is 390 g/mol. The fourth-order valence-electron chi connectivity index (χ4n) is 3.24. The highest BCUT2D eigenvalue weighted by atomic mass is 16.5. The number of nitrogens with one attached hydrogen (secondary N) is 1. The SMILES string of the molecule is Cn1ccnc1COc1ccc(C(=O)Nc2ccc(N3CCCC3=O)cc2)cc1. The summed E-state index contributed by atoms with van der Waals surface area (Å²) in [6.45, 7) is 1.11. The summed E-state index contributed by atoms with van der Waals surface area (Å²) in [7, 11) is 1.91. The third kappa shape index (κ3) is 4.29. The van der Waals surface area contributed by atoms with Crippen molar-refractivity contribution in [3.8, 4) is 5.75 Å². The molecule has 2 amide bonds. The molecule has 1 aliphatic heterocycles. The van der Waals surface area contributed by atoms with E-state index in [4.69, 9.17) is 4.74 Å². The maximum absolute atomic E-state index is 12.5. The van der Waals surface area contributed by atoms with Crippen LogP contribution in [0.1, 0.15) is 29.0 Å². The smallest absolute Gasteiger partial charge is 0.255 e. The van der Waals surface area contributed by atoms with Gasteiger partial charge >= 0.3 is 0 Å². The number of aryl methyl sites for hydroxylation is 1. The molecule has 0 unspecified atom stereocenters. The first-order chi connectivity index (χ1) is 14.1. The van der Waals surface area contributed by atoms with Crippen molar-refractivity contribution in [3.05, 3.63) is 72.3 Å². The lowest BCUT2D eigenvalue weighted by Crippen LogP contribution is -2.23. The summed E-state index contributed by atoms with van der Waals surface area (Å²) < 4.78 is 7.60. The molecule has 1 aliphatic rings. The molecule has 29 heavy (non-hydrogen) atoms. The third-order valence-corrected chi connectivity index (χ3v) is 4.92. The van der Waals surface area contributed by atoms with Crippen LogP contribution in [-0.4, -0.2) is 27.9 Å². The first-order valence-corrected chi connectivity index (χ1v) is 9.51. The normalized spacial score (nSPS) is 13.6. The first-order valence-electron chi connectivity index (χ1n) is 9.51. The van der Waals surface area contributed by atoms with Crippen LogP contribution in [0.4, 0.5) is 11.4 Å². The number of hydrogen-bond acceptors (Lipinski definition) is 4. The molecule has 7 heteroatoms. The maximum Gasteiger partial charge on any atom is 0.255 e. The minimum Gasteiger partial charge on any atom is -0.486 e. The lowest BCUT2D eigenvalue weighted by molar-refractivity contribution is -0.117. The summed E-state index contributed by atoms with van der Waals surface area (Å²) in [5.74, 6) is 1.44. The Balaban J connectivity index is 1.34. The standard InChI is InChI=1S/C22H22N4O3/c1-25-14-12-23-20(25)15-29-19-10-4-16(5-11-19)22(28)24-17-6-8-18(9-7-17)26-13-2-3-21(26)27/h4-12,14H,2-3,13,15H2,1H3,(H,24,28). The van der Waals surface area contributed by atoms with E-state index in [2.05, 4.69) is 10.3 Å². The maximum atomic E-state index is 12.5. The zero-order valence-electron chi connectivity index (χ0n) is 16.2. The number of carbonyl (C=O) groups is 2. The fourth-order valence-corrected chi connectivity index (χ4v) is 3.24. The van der Waals surface area contributed by atoms with Crippen molar-refractivity contribution in [2.75, 3.05) is 16.8 Å². The summed E-state index contributed by atoms with van der Waals surface area (Å²) in [5.41, 5.74) is 2.08. The van der Waals surface area contributed by atoms with E-state index in [1.807, 2.05) is 42.1 Å². The van der Waals surface area contributed by atoms with E-state index in [1.165, 1.54) is 0 Å². The Kier molecular flexibility index (Phi) is 5.29. The Morgan fingerprint density at radius 2 is 1.90 bits per heavy atom. The van der Waals surface area contributed by atoms with Crippen molar-refractivity contribution in [1.29, 1.82) is 0 Å². The van der Waals surface area contributed by atoms with Gasteiger partial charge in [0.05, 0.1) is 0 Å². The molecular formula is C22H22N4O3. The highest BCUT2D eigenvalue weighted by Gasteiger charge is 2.21. The molecule has 4 rings (SSSR count). The van der Waals surface area contributed by atoms with Crippen LogP contribution >= 0.6 is 0 Å². The fraction of sp³-hybridized carbons (Fsp3) is 0.227. The Hall–Kier alpha value is -3.61. The first kappa shape index (κ1) is 18.7. The molecule has 0 aliphatic carbocycles. The zero-order chi connectivity index (χ0) is 20.2. The quantitative estimate of drug-likeness (QED) is 0.700. The van der Waals surface area contributed by atoms with Gasteiger partial charge in [0.1, 0.15) is 18.2 Å². The lowest BCUT2D eigenvalue weighted by atomic mass is 10.2. The Morgan fingerprint density at radius 3 is 2.52 bits per heavy atom. The minimum atomic E-state index is -0.203. The van der Waals surface area contributed by atoms with Crippen molar-refractivity contribution >= 4 is 23.2 Å². The summed E-state index contributed by atoms with van der Waals surface area (Å²) in [6.07, 6.45) is 5.07. The van der Waals surface area contributed by atoms with Crippen molar-refractivity contribution in [2.24, 2.45) is 7.05 Å². The van der Waals surface area contributed by atoms with Crippen LogP contribution in [-0.2, 0) is 18.4 Å². The number of aromatic nitrogens is 2. The third-order valence-electron chi connectivity index (χ3n) is 4.92. The van der Waals surface area contributed by atoms with E-state index in [9.17, 15) is 9.59 Å². The van der Waals surface area contributed by atoms with Gasteiger partial charge < -0.3 is 19.5 Å². The number of amides is 2. The number of ether oxygens (including phenoxy) is 1. The molecule has 0 saturated carbocycles. The molecule has 0 atom stereocenters. The van der Waals surface area contributed by atoms with Crippen LogP contribution in [0.25, 0.3) is 0 Å². The summed E-state index contributed by atoms with van der Waals surface area (Å²) in [5, 5.41) is 2.87. The van der Waals surface area contributed by atoms with E-state index >= 15 is 0 Å². The van der Waals surface area contributed by atoms with Gasteiger partial charge in [-0.1, -0.05) is 0 Å². The van der Waals surface area contributed by atoms with Crippen LogP contribution in [0.3, 0.4) is 0 Å². The number of benzene rings is 2. The van der Waals surface area contributed by atoms with E-state index < -0.39 is 0 Å². The van der Waals surface area contributed by atoms with Crippen LogP contribution in [0.15, 0.2) is 60.9 Å². The Bertz CT molecular complexity index is 1010. The molecule has 1 N–H and O–H groups in total. The second-order valence-electron chi connectivity index (χ2n) is 6.92. The van der Waals surface area contributed by atoms with Crippen molar-refractivity contribution in [1.82, 2.24) is 9.55 Å². The van der Waals surface area contributed by atoms with E-state index in [-0.39, 0.29) is 11.8 Å². The summed E-state index contributed by atoms with van der Waals surface area (Å²) >= 11 is 0. The minimum absolute atomic E-state index is 0.145. The summed E-state index contributed by atoms with van der Waals surface area (Å²) in [6, 6.07) is 14.3. The molecule has 1 aromatic heterocycles. The van der Waals surface area contributed by atoms with Gasteiger partial charge in [-0.25, -0.2) is 4.98 Å². The average molecular weight is 390 g/mol. The van der Waals surface area contributed by atoms with Crippen LogP contribution < -0.4 is 15.0 Å².